The number of amides is 1. The van der Waals surface area contributed by atoms with E-state index in [4.69, 9.17) is 0 Å². The molecule has 3 nitrogen and oxygen atoms in total. The first-order valence-corrected chi connectivity index (χ1v) is 9.11. The van der Waals surface area contributed by atoms with E-state index in [2.05, 4.69) is 22.9 Å². The molecule has 1 atom stereocenters. The minimum Gasteiger partial charge on any atom is -0.312 e. The molecule has 0 aliphatic carbocycles. The fraction of sp³-hybridized carbons (Fsp3) is 0.556. The van der Waals surface area contributed by atoms with Crippen LogP contribution in [0.5, 0.6) is 0 Å². The second kappa shape index (κ2) is 7.91. The number of carbonyl (C=O) groups excluding carboxylic acids is 2. The highest BCUT2D eigenvalue weighted by atomic mass is 79.9. The molecule has 4 heteroatoms. The highest BCUT2D eigenvalue weighted by Gasteiger charge is 2.24. The van der Waals surface area contributed by atoms with Crippen molar-refractivity contribution >= 4 is 33.3 Å². The van der Waals surface area contributed by atoms with Gasteiger partial charge in [-0.2, -0.15) is 0 Å². The van der Waals surface area contributed by atoms with Gasteiger partial charge in [0.05, 0.1) is 4.83 Å². The number of carbonyl (C=O) groups is 2. The van der Waals surface area contributed by atoms with Gasteiger partial charge >= 0.3 is 0 Å². The molecule has 2 rings (SSSR count). The molecule has 22 heavy (non-hydrogen) atoms. The van der Waals surface area contributed by atoms with E-state index in [1.165, 1.54) is 0 Å². The number of nitrogens with zero attached hydrogens (tertiary/aromatic N) is 1. The molecule has 0 bridgehead atoms. The van der Waals surface area contributed by atoms with Gasteiger partial charge in [-0.15, -0.1) is 0 Å². The summed E-state index contributed by atoms with van der Waals surface area (Å²) in [5.74, 6) is 0.327. The van der Waals surface area contributed by atoms with Crippen molar-refractivity contribution in [1.82, 2.24) is 0 Å². The minimum atomic E-state index is -0.114. The van der Waals surface area contributed by atoms with Gasteiger partial charge < -0.3 is 4.90 Å². The summed E-state index contributed by atoms with van der Waals surface area (Å²) in [6.45, 7) is 4.88. The number of fused-ring (bicyclic) bond motifs is 1. The van der Waals surface area contributed by atoms with E-state index in [-0.39, 0.29) is 16.5 Å². The Bertz CT molecular complexity index is 556. The number of Topliss-reactive ketones (excluding diaryl/α,β-unsaturated/α-hetero) is 1. The van der Waals surface area contributed by atoms with Crippen molar-refractivity contribution in [1.29, 1.82) is 0 Å². The second-order valence-electron chi connectivity index (χ2n) is 5.86. The molecule has 0 fully saturated rings. The number of rotatable bonds is 6. The lowest BCUT2D eigenvalue weighted by Crippen LogP contribution is -2.35. The number of halogens is 1. The maximum absolute atomic E-state index is 12.4. The van der Waals surface area contributed by atoms with Crippen molar-refractivity contribution in [2.75, 3.05) is 11.4 Å². The molecule has 1 unspecified atom stereocenters. The number of aryl methyl sites for hydroxylation is 1. The summed E-state index contributed by atoms with van der Waals surface area (Å²) >= 11 is 3.48. The van der Waals surface area contributed by atoms with Gasteiger partial charge in [0.15, 0.2) is 5.78 Å². The number of ketones is 1. The predicted octanol–water partition coefficient (Wildman–Crippen LogP) is 4.51. The molecule has 120 valence electrons. The Morgan fingerprint density at radius 3 is 2.73 bits per heavy atom. The number of hydrogen-bond acceptors (Lipinski definition) is 2. The van der Waals surface area contributed by atoms with Crippen LogP contribution in [0.1, 0.15) is 61.9 Å². The maximum Gasteiger partial charge on any atom is 0.226 e. The van der Waals surface area contributed by atoms with Crippen LogP contribution >= 0.6 is 15.9 Å². The van der Waals surface area contributed by atoms with Crippen LogP contribution in [0.25, 0.3) is 0 Å². The molecular weight excluding hydrogens is 342 g/mol. The lowest BCUT2D eigenvalue weighted by atomic mass is 9.96. The van der Waals surface area contributed by atoms with Crippen LogP contribution < -0.4 is 4.90 Å². The molecule has 1 aliphatic rings. The third kappa shape index (κ3) is 3.78. The van der Waals surface area contributed by atoms with Crippen LogP contribution in [-0.4, -0.2) is 23.1 Å². The van der Waals surface area contributed by atoms with Gasteiger partial charge in [0.25, 0.3) is 0 Å². The summed E-state index contributed by atoms with van der Waals surface area (Å²) in [7, 11) is 0. The molecule has 0 radical (unpaired) electrons. The molecule has 1 aliphatic heterocycles. The normalized spacial score (nSPS) is 15.3. The first-order valence-electron chi connectivity index (χ1n) is 8.20. The summed E-state index contributed by atoms with van der Waals surface area (Å²) in [5, 5.41) is 0. The quantitative estimate of drug-likeness (QED) is 0.549. The van der Waals surface area contributed by atoms with Gasteiger partial charge in [0.2, 0.25) is 5.91 Å². The van der Waals surface area contributed by atoms with E-state index in [0.29, 0.717) is 6.42 Å². The second-order valence-corrected chi connectivity index (χ2v) is 6.97. The van der Waals surface area contributed by atoms with Crippen LogP contribution in [0.3, 0.4) is 0 Å². The van der Waals surface area contributed by atoms with Crippen LogP contribution in [0, 0.1) is 0 Å². The Kier molecular flexibility index (Phi) is 6.18. The van der Waals surface area contributed by atoms with Gasteiger partial charge in [0, 0.05) is 24.2 Å². The molecule has 0 saturated heterocycles. The van der Waals surface area contributed by atoms with Gasteiger partial charge in [-0.25, -0.2) is 0 Å². The highest BCUT2D eigenvalue weighted by Crippen LogP contribution is 2.30. The van der Waals surface area contributed by atoms with Crippen molar-refractivity contribution in [3.05, 3.63) is 29.3 Å². The average Bonchev–Trinajstić information content (AvgIpc) is 2.53. The van der Waals surface area contributed by atoms with E-state index in [0.717, 1.165) is 55.5 Å². The number of alkyl halides is 1. The van der Waals surface area contributed by atoms with Crippen molar-refractivity contribution < 1.29 is 9.59 Å². The topological polar surface area (TPSA) is 37.4 Å². The summed E-state index contributed by atoms with van der Waals surface area (Å²) < 4.78 is 0. The van der Waals surface area contributed by atoms with E-state index < -0.39 is 0 Å². The summed E-state index contributed by atoms with van der Waals surface area (Å²) in [5.41, 5.74) is 2.86. The lowest BCUT2D eigenvalue weighted by molar-refractivity contribution is -0.118. The standard InChI is InChI=1S/C18H24BrNO2/c1-3-6-15(19)18(22)14-9-10-16-13(12-14)8-5-11-20(16)17(21)7-4-2/h9-10,12,15H,3-8,11H2,1-2H3. The third-order valence-corrected chi connectivity index (χ3v) is 4.95. The largest absolute Gasteiger partial charge is 0.312 e. The molecular formula is C18H24BrNO2. The zero-order chi connectivity index (χ0) is 16.1. The zero-order valence-electron chi connectivity index (χ0n) is 13.4. The smallest absolute Gasteiger partial charge is 0.226 e. The first kappa shape index (κ1) is 17.2. The van der Waals surface area contributed by atoms with Crippen molar-refractivity contribution in [3.63, 3.8) is 0 Å². The number of hydrogen-bond donors (Lipinski definition) is 0. The SMILES string of the molecule is CCCC(=O)N1CCCc2cc(C(=O)C(Br)CCC)ccc21. The molecule has 1 heterocycles. The Balaban J connectivity index is 2.24. The van der Waals surface area contributed by atoms with Crippen LogP contribution in [-0.2, 0) is 11.2 Å². The first-order chi connectivity index (χ1) is 10.6. The lowest BCUT2D eigenvalue weighted by Gasteiger charge is -2.30. The van der Waals surface area contributed by atoms with E-state index in [9.17, 15) is 9.59 Å². The Morgan fingerprint density at radius 2 is 2.05 bits per heavy atom. The monoisotopic (exact) mass is 365 g/mol. The minimum absolute atomic E-state index is 0.114. The molecule has 0 aromatic heterocycles. The van der Waals surface area contributed by atoms with Crippen molar-refractivity contribution in [2.45, 2.75) is 57.2 Å². The third-order valence-electron chi connectivity index (χ3n) is 4.07. The number of benzene rings is 1. The summed E-state index contributed by atoms with van der Waals surface area (Å²) in [6.07, 6.45) is 5.17. The molecule has 0 spiro atoms. The average molecular weight is 366 g/mol. The van der Waals surface area contributed by atoms with Crippen LogP contribution in [0.2, 0.25) is 0 Å². The van der Waals surface area contributed by atoms with Gasteiger partial charge in [-0.3, -0.25) is 9.59 Å². The molecule has 1 amide bonds. The Labute approximate surface area is 141 Å². The molecule has 0 N–H and O–H groups in total. The highest BCUT2D eigenvalue weighted by molar-refractivity contribution is 9.10. The van der Waals surface area contributed by atoms with E-state index in [1.807, 2.05) is 30.0 Å². The summed E-state index contributed by atoms with van der Waals surface area (Å²) in [4.78, 5) is 26.4. The molecule has 1 aromatic rings. The van der Waals surface area contributed by atoms with E-state index >= 15 is 0 Å². The molecule has 1 aromatic carbocycles. The van der Waals surface area contributed by atoms with Gasteiger partial charge in [-0.05, 0) is 49.4 Å². The maximum atomic E-state index is 12.4. The van der Waals surface area contributed by atoms with Crippen molar-refractivity contribution in [3.8, 4) is 0 Å². The zero-order valence-corrected chi connectivity index (χ0v) is 15.0. The number of anilines is 1. The van der Waals surface area contributed by atoms with Gasteiger partial charge in [-0.1, -0.05) is 36.2 Å². The van der Waals surface area contributed by atoms with Crippen LogP contribution in [0.4, 0.5) is 5.69 Å². The van der Waals surface area contributed by atoms with Crippen LogP contribution in [0.15, 0.2) is 18.2 Å². The van der Waals surface area contributed by atoms with Gasteiger partial charge in [0.1, 0.15) is 0 Å². The fourth-order valence-corrected chi connectivity index (χ4v) is 3.65. The van der Waals surface area contributed by atoms with Crippen molar-refractivity contribution in [2.24, 2.45) is 0 Å². The Hall–Kier alpha value is -1.16. The molecule has 0 saturated carbocycles. The predicted molar refractivity (Wildman–Crippen MR) is 94.0 cm³/mol. The Morgan fingerprint density at radius 1 is 1.27 bits per heavy atom. The fourth-order valence-electron chi connectivity index (χ4n) is 2.92. The van der Waals surface area contributed by atoms with E-state index in [1.54, 1.807) is 0 Å². The summed E-state index contributed by atoms with van der Waals surface area (Å²) in [6, 6.07) is 5.79.